The topological polar surface area (TPSA) is 64.3 Å². The second kappa shape index (κ2) is 4.71. The third kappa shape index (κ3) is 3.45. The van der Waals surface area contributed by atoms with Gasteiger partial charge in [0.2, 0.25) is 0 Å². The van der Waals surface area contributed by atoms with Crippen molar-refractivity contribution in [3.63, 3.8) is 0 Å². The number of carbonyl (C=O) groups excluding carboxylic acids is 1. The highest BCUT2D eigenvalue weighted by Gasteiger charge is 2.68. The van der Waals surface area contributed by atoms with E-state index in [1.165, 1.54) is 0 Å². The van der Waals surface area contributed by atoms with Gasteiger partial charge >= 0.3 is 6.09 Å². The maximum atomic E-state index is 12.9. The van der Waals surface area contributed by atoms with Crippen LogP contribution in [0.15, 0.2) is 0 Å². The van der Waals surface area contributed by atoms with Crippen molar-refractivity contribution >= 4 is 18.5 Å². The standard InChI is InChI=1S/C9H16F2N2O2.ClH/c1-8(2,3)15-7(14)13-6-5(4-12)9(6,10)11;/h5-6H,4,12H2,1-3H3,(H,13,14);1H/t5-,6+;/m0./s1. The summed E-state index contributed by atoms with van der Waals surface area (Å²) in [7, 11) is 0. The first-order valence-electron chi connectivity index (χ1n) is 4.76. The number of ether oxygens (including phenoxy) is 1. The zero-order valence-corrected chi connectivity index (χ0v) is 10.2. The molecular weight excluding hydrogens is 242 g/mol. The van der Waals surface area contributed by atoms with Crippen LogP contribution in [0.3, 0.4) is 0 Å². The molecule has 0 aliphatic heterocycles. The van der Waals surface area contributed by atoms with Crippen LogP contribution in [-0.2, 0) is 4.74 Å². The van der Waals surface area contributed by atoms with E-state index in [9.17, 15) is 13.6 Å². The van der Waals surface area contributed by atoms with Crippen molar-refractivity contribution in [1.82, 2.24) is 5.32 Å². The molecule has 16 heavy (non-hydrogen) atoms. The highest BCUT2D eigenvalue weighted by Crippen LogP contribution is 2.48. The van der Waals surface area contributed by atoms with E-state index in [0.717, 1.165) is 0 Å². The third-order valence-electron chi connectivity index (χ3n) is 2.13. The van der Waals surface area contributed by atoms with Gasteiger partial charge in [0, 0.05) is 6.54 Å². The first-order chi connectivity index (χ1) is 6.68. The van der Waals surface area contributed by atoms with Crippen LogP contribution in [0.5, 0.6) is 0 Å². The Labute approximate surface area is 99.3 Å². The number of carbonyl (C=O) groups is 1. The molecule has 7 heteroatoms. The molecule has 96 valence electrons. The smallest absolute Gasteiger partial charge is 0.408 e. The molecule has 0 unspecified atom stereocenters. The Kier molecular flexibility index (Phi) is 4.53. The fourth-order valence-corrected chi connectivity index (χ4v) is 1.31. The maximum Gasteiger partial charge on any atom is 0.408 e. The summed E-state index contributed by atoms with van der Waals surface area (Å²) >= 11 is 0. The molecule has 1 amide bonds. The zero-order valence-electron chi connectivity index (χ0n) is 9.42. The number of rotatable bonds is 2. The summed E-state index contributed by atoms with van der Waals surface area (Å²) in [4.78, 5) is 11.2. The van der Waals surface area contributed by atoms with E-state index in [0.29, 0.717) is 0 Å². The Balaban J connectivity index is 0.00000225. The summed E-state index contributed by atoms with van der Waals surface area (Å²) in [6.45, 7) is 4.85. The van der Waals surface area contributed by atoms with Crippen LogP contribution < -0.4 is 11.1 Å². The molecule has 1 fully saturated rings. The first kappa shape index (κ1) is 15.4. The second-order valence-electron chi connectivity index (χ2n) is 4.64. The Bertz CT molecular complexity index is 269. The number of alkyl carbamates (subject to hydrolysis) is 1. The van der Waals surface area contributed by atoms with Gasteiger partial charge in [-0.2, -0.15) is 0 Å². The van der Waals surface area contributed by atoms with Gasteiger partial charge in [0.05, 0.1) is 5.92 Å². The van der Waals surface area contributed by atoms with E-state index >= 15 is 0 Å². The molecule has 3 N–H and O–H groups in total. The van der Waals surface area contributed by atoms with Crippen molar-refractivity contribution in [3.8, 4) is 0 Å². The lowest BCUT2D eigenvalue weighted by Gasteiger charge is -2.19. The lowest BCUT2D eigenvalue weighted by molar-refractivity contribution is 0.0459. The molecule has 4 nitrogen and oxygen atoms in total. The summed E-state index contributed by atoms with van der Waals surface area (Å²) in [5.74, 6) is -3.86. The summed E-state index contributed by atoms with van der Waals surface area (Å²) in [6.07, 6.45) is -0.830. The van der Waals surface area contributed by atoms with Gasteiger partial charge in [-0.3, -0.25) is 0 Å². The van der Waals surface area contributed by atoms with E-state index in [-0.39, 0.29) is 19.0 Å². The summed E-state index contributed by atoms with van der Waals surface area (Å²) in [5, 5.41) is 2.11. The van der Waals surface area contributed by atoms with Gasteiger partial charge in [-0.1, -0.05) is 0 Å². The normalized spacial score (nSPS) is 26.6. The molecule has 1 saturated carbocycles. The van der Waals surface area contributed by atoms with Crippen LogP contribution in [0, 0.1) is 5.92 Å². The van der Waals surface area contributed by atoms with Gasteiger partial charge < -0.3 is 15.8 Å². The largest absolute Gasteiger partial charge is 0.444 e. The minimum atomic E-state index is -2.90. The average molecular weight is 259 g/mol. The fourth-order valence-electron chi connectivity index (χ4n) is 1.31. The minimum Gasteiger partial charge on any atom is -0.444 e. The third-order valence-corrected chi connectivity index (χ3v) is 2.13. The van der Waals surface area contributed by atoms with E-state index in [4.69, 9.17) is 10.5 Å². The Morgan fingerprint density at radius 1 is 1.50 bits per heavy atom. The van der Waals surface area contributed by atoms with Crippen molar-refractivity contribution in [3.05, 3.63) is 0 Å². The number of amides is 1. The van der Waals surface area contributed by atoms with E-state index in [1.807, 2.05) is 0 Å². The number of nitrogens with two attached hydrogens (primary N) is 1. The van der Waals surface area contributed by atoms with Gasteiger partial charge in [-0.25, -0.2) is 13.6 Å². The molecule has 0 aromatic heterocycles. The van der Waals surface area contributed by atoms with E-state index in [1.54, 1.807) is 20.8 Å². The zero-order chi connectivity index (χ0) is 11.9. The Morgan fingerprint density at radius 3 is 2.31 bits per heavy atom. The highest BCUT2D eigenvalue weighted by molar-refractivity contribution is 5.85. The number of hydrogen-bond donors (Lipinski definition) is 2. The van der Waals surface area contributed by atoms with Gasteiger partial charge in [-0.05, 0) is 20.8 Å². The molecular formula is C9H17ClF2N2O2. The van der Waals surface area contributed by atoms with E-state index in [2.05, 4.69) is 5.32 Å². The van der Waals surface area contributed by atoms with Crippen molar-refractivity contribution in [2.24, 2.45) is 11.7 Å². The lowest BCUT2D eigenvalue weighted by atomic mass is 10.2. The number of nitrogens with one attached hydrogen (secondary N) is 1. The monoisotopic (exact) mass is 258 g/mol. The van der Waals surface area contributed by atoms with Crippen LogP contribution >= 0.6 is 12.4 Å². The first-order valence-corrected chi connectivity index (χ1v) is 4.76. The van der Waals surface area contributed by atoms with Gasteiger partial charge in [0.1, 0.15) is 11.6 Å². The number of alkyl halides is 2. The molecule has 0 radical (unpaired) electrons. The van der Waals surface area contributed by atoms with Gasteiger partial charge in [0.25, 0.3) is 5.92 Å². The molecule has 1 aliphatic rings. The van der Waals surface area contributed by atoms with E-state index < -0.39 is 29.6 Å². The molecule has 1 aliphatic carbocycles. The Morgan fingerprint density at radius 2 is 2.00 bits per heavy atom. The lowest BCUT2D eigenvalue weighted by Crippen LogP contribution is -2.36. The van der Waals surface area contributed by atoms with Crippen LogP contribution in [0.2, 0.25) is 0 Å². The summed E-state index contributed by atoms with van der Waals surface area (Å²) in [6, 6.07) is -1.18. The highest BCUT2D eigenvalue weighted by atomic mass is 35.5. The van der Waals surface area contributed by atoms with Crippen molar-refractivity contribution in [2.45, 2.75) is 38.3 Å². The molecule has 0 aromatic rings. The number of hydrogen-bond acceptors (Lipinski definition) is 3. The predicted molar refractivity (Wildman–Crippen MR) is 57.9 cm³/mol. The van der Waals surface area contributed by atoms with Crippen LogP contribution in [0.1, 0.15) is 20.8 Å². The maximum absolute atomic E-state index is 12.9. The van der Waals surface area contributed by atoms with Crippen molar-refractivity contribution in [2.75, 3.05) is 6.54 Å². The minimum absolute atomic E-state index is 0. The fraction of sp³-hybridized carbons (Fsp3) is 0.889. The predicted octanol–water partition coefficient (Wildman–Crippen LogP) is 1.53. The van der Waals surface area contributed by atoms with Gasteiger partial charge in [-0.15, -0.1) is 12.4 Å². The molecule has 0 bridgehead atoms. The quantitative estimate of drug-likeness (QED) is 0.789. The van der Waals surface area contributed by atoms with Crippen LogP contribution in [0.25, 0.3) is 0 Å². The van der Waals surface area contributed by atoms with Crippen LogP contribution in [0.4, 0.5) is 13.6 Å². The molecule has 0 aromatic carbocycles. The average Bonchev–Trinajstić information content (AvgIpc) is 2.48. The van der Waals surface area contributed by atoms with Crippen LogP contribution in [-0.4, -0.2) is 30.2 Å². The van der Waals surface area contributed by atoms with Crippen molar-refractivity contribution in [1.29, 1.82) is 0 Å². The second-order valence-corrected chi connectivity index (χ2v) is 4.64. The molecule has 2 atom stereocenters. The number of halogens is 3. The molecule has 1 rings (SSSR count). The molecule has 0 saturated heterocycles. The van der Waals surface area contributed by atoms with Gasteiger partial charge in [0.15, 0.2) is 0 Å². The SMILES string of the molecule is CC(C)(C)OC(=O)N[C@@H]1[C@H](CN)C1(F)F.Cl. The summed E-state index contributed by atoms with van der Waals surface area (Å²) in [5.41, 5.74) is 4.44. The molecule has 0 heterocycles. The molecule has 0 spiro atoms. The summed E-state index contributed by atoms with van der Waals surface area (Å²) < 4.78 is 30.7. The Hall–Kier alpha value is -0.620. The van der Waals surface area contributed by atoms with Crippen molar-refractivity contribution < 1.29 is 18.3 Å².